The molecule has 2 aromatic rings. The first-order valence-electron chi connectivity index (χ1n) is 11.3. The zero-order valence-electron chi connectivity index (χ0n) is 18.4. The van der Waals surface area contributed by atoms with Crippen LogP contribution in [0.2, 0.25) is 0 Å². The first-order valence-corrected chi connectivity index (χ1v) is 11.3. The lowest BCUT2D eigenvalue weighted by Gasteiger charge is -2.26. The minimum Gasteiger partial charge on any atom is -0.493 e. The van der Waals surface area contributed by atoms with Gasteiger partial charge in [-0.2, -0.15) is 0 Å². The van der Waals surface area contributed by atoms with Crippen LogP contribution in [-0.2, 0) is 11.3 Å². The highest BCUT2D eigenvalue weighted by molar-refractivity contribution is 5.77. The number of amides is 2. The smallest absolute Gasteiger partial charge is 0.318 e. The maximum absolute atomic E-state index is 12.4. The van der Waals surface area contributed by atoms with Crippen molar-refractivity contribution in [1.29, 1.82) is 0 Å². The Hall–Kier alpha value is -2.57. The molecular weight excluding hydrogens is 390 g/mol. The summed E-state index contributed by atoms with van der Waals surface area (Å²) in [6, 6.07) is 16.4. The number of hydrogen-bond donors (Lipinski definition) is 1. The maximum atomic E-state index is 12.4. The van der Waals surface area contributed by atoms with Gasteiger partial charge in [-0.05, 0) is 49.1 Å². The minimum atomic E-state index is -0.00731. The number of carbonyl (C=O) groups is 1. The van der Waals surface area contributed by atoms with Crippen LogP contribution in [0, 0.1) is 6.92 Å². The predicted octanol–water partition coefficient (Wildman–Crippen LogP) is 3.75. The normalized spacial score (nSPS) is 19.5. The zero-order chi connectivity index (χ0) is 21.5. The summed E-state index contributed by atoms with van der Waals surface area (Å²) in [7, 11) is 0. The number of urea groups is 1. The van der Waals surface area contributed by atoms with Crippen molar-refractivity contribution in [2.45, 2.75) is 32.4 Å². The number of benzene rings is 2. The Bertz CT molecular complexity index is 852. The molecule has 0 spiro atoms. The van der Waals surface area contributed by atoms with Crippen molar-refractivity contribution in [2.75, 3.05) is 46.0 Å². The van der Waals surface area contributed by atoms with Crippen LogP contribution in [0.1, 0.15) is 35.6 Å². The number of nitrogens with zero attached hydrogens (tertiary/aromatic N) is 2. The first kappa shape index (κ1) is 21.7. The Kier molecular flexibility index (Phi) is 7.43. The molecule has 166 valence electrons. The highest BCUT2D eigenvalue weighted by atomic mass is 16.5. The van der Waals surface area contributed by atoms with Crippen LogP contribution < -0.4 is 10.1 Å². The van der Waals surface area contributed by atoms with Crippen LogP contribution in [0.4, 0.5) is 4.79 Å². The molecule has 0 unspecified atom stereocenters. The zero-order valence-corrected chi connectivity index (χ0v) is 18.4. The summed E-state index contributed by atoms with van der Waals surface area (Å²) in [6.45, 7) is 9.01. The summed E-state index contributed by atoms with van der Waals surface area (Å²) in [5.41, 5.74) is 3.39. The second-order valence-electron chi connectivity index (χ2n) is 8.40. The van der Waals surface area contributed by atoms with Gasteiger partial charge < -0.3 is 19.7 Å². The van der Waals surface area contributed by atoms with Gasteiger partial charge in [-0.15, -0.1) is 0 Å². The van der Waals surface area contributed by atoms with E-state index in [9.17, 15) is 4.79 Å². The Morgan fingerprint density at radius 1 is 1.10 bits per heavy atom. The van der Waals surface area contributed by atoms with E-state index in [1.807, 2.05) is 29.2 Å². The molecule has 31 heavy (non-hydrogen) atoms. The molecule has 2 saturated heterocycles. The molecule has 6 nitrogen and oxygen atoms in total. The van der Waals surface area contributed by atoms with Crippen molar-refractivity contribution in [3.8, 4) is 5.75 Å². The molecular formula is C25H33N3O3. The molecule has 1 atom stereocenters. The van der Waals surface area contributed by atoms with Gasteiger partial charge in [0, 0.05) is 26.2 Å². The average molecular weight is 424 g/mol. The number of aryl methyl sites for hydroxylation is 1. The van der Waals surface area contributed by atoms with E-state index in [2.05, 4.69) is 41.4 Å². The van der Waals surface area contributed by atoms with Gasteiger partial charge in [0.25, 0.3) is 0 Å². The standard InChI is InChI=1S/C25H33N3O3/c1-20-17-21(18-28-19-23(26-25(28)29)22-7-3-2-4-8-22)9-10-24(20)31-14-6-5-11-27-12-15-30-16-13-27/h2-4,7-10,17,23H,5-6,11-16,18-19H2,1H3,(H,26,29)/t23-/m1/s1. The third kappa shape index (κ3) is 5.99. The molecule has 2 fully saturated rings. The second kappa shape index (κ2) is 10.6. The Balaban J connectivity index is 1.22. The van der Waals surface area contributed by atoms with Crippen molar-refractivity contribution >= 4 is 6.03 Å². The number of rotatable bonds is 9. The van der Waals surface area contributed by atoms with Crippen molar-refractivity contribution < 1.29 is 14.3 Å². The molecule has 2 aliphatic rings. The van der Waals surface area contributed by atoms with E-state index in [0.29, 0.717) is 13.1 Å². The summed E-state index contributed by atoms with van der Waals surface area (Å²) < 4.78 is 11.4. The van der Waals surface area contributed by atoms with E-state index in [1.165, 1.54) is 0 Å². The van der Waals surface area contributed by atoms with Crippen LogP contribution in [0.5, 0.6) is 5.75 Å². The van der Waals surface area contributed by atoms with Crippen LogP contribution in [0.25, 0.3) is 0 Å². The van der Waals surface area contributed by atoms with Crippen LogP contribution in [0.15, 0.2) is 48.5 Å². The Labute approximate surface area is 185 Å². The van der Waals surface area contributed by atoms with Crippen LogP contribution >= 0.6 is 0 Å². The molecule has 0 radical (unpaired) electrons. The fraction of sp³-hybridized carbons (Fsp3) is 0.480. The molecule has 2 amide bonds. The predicted molar refractivity (Wildman–Crippen MR) is 121 cm³/mol. The van der Waals surface area contributed by atoms with Gasteiger partial charge in [-0.3, -0.25) is 4.90 Å². The van der Waals surface area contributed by atoms with E-state index < -0.39 is 0 Å². The summed E-state index contributed by atoms with van der Waals surface area (Å²) in [5, 5.41) is 3.08. The van der Waals surface area contributed by atoms with E-state index in [0.717, 1.165) is 74.7 Å². The fourth-order valence-corrected chi connectivity index (χ4v) is 4.24. The second-order valence-corrected chi connectivity index (χ2v) is 8.40. The highest BCUT2D eigenvalue weighted by Gasteiger charge is 2.29. The van der Waals surface area contributed by atoms with Crippen molar-refractivity contribution in [3.63, 3.8) is 0 Å². The number of unbranched alkanes of at least 4 members (excludes halogenated alkanes) is 1. The number of hydrogen-bond acceptors (Lipinski definition) is 4. The van der Waals surface area contributed by atoms with Gasteiger partial charge in [0.05, 0.1) is 25.9 Å². The molecule has 0 bridgehead atoms. The lowest BCUT2D eigenvalue weighted by atomic mass is 10.1. The van der Waals surface area contributed by atoms with Crippen molar-refractivity contribution in [1.82, 2.24) is 15.1 Å². The van der Waals surface area contributed by atoms with Crippen LogP contribution in [-0.4, -0.2) is 61.8 Å². The lowest BCUT2D eigenvalue weighted by Crippen LogP contribution is -2.36. The van der Waals surface area contributed by atoms with Gasteiger partial charge in [0.2, 0.25) is 0 Å². The summed E-state index contributed by atoms with van der Waals surface area (Å²) in [6.07, 6.45) is 2.19. The molecule has 0 aromatic heterocycles. The van der Waals surface area contributed by atoms with E-state index in [-0.39, 0.29) is 12.1 Å². The number of carbonyl (C=O) groups excluding carboxylic acids is 1. The van der Waals surface area contributed by atoms with Crippen molar-refractivity contribution in [3.05, 3.63) is 65.2 Å². The van der Waals surface area contributed by atoms with Gasteiger partial charge in [-0.1, -0.05) is 42.5 Å². The number of morpholine rings is 1. The lowest BCUT2D eigenvalue weighted by molar-refractivity contribution is 0.0368. The van der Waals surface area contributed by atoms with Gasteiger partial charge in [0.1, 0.15) is 5.75 Å². The van der Waals surface area contributed by atoms with Crippen molar-refractivity contribution in [2.24, 2.45) is 0 Å². The van der Waals surface area contributed by atoms with Gasteiger partial charge in [0.15, 0.2) is 0 Å². The third-order valence-electron chi connectivity index (χ3n) is 6.03. The molecule has 4 rings (SSSR count). The van der Waals surface area contributed by atoms with E-state index in [4.69, 9.17) is 9.47 Å². The summed E-state index contributed by atoms with van der Waals surface area (Å²) in [4.78, 5) is 16.7. The van der Waals surface area contributed by atoms with E-state index >= 15 is 0 Å². The monoisotopic (exact) mass is 423 g/mol. The van der Waals surface area contributed by atoms with Gasteiger partial charge >= 0.3 is 6.03 Å². The highest BCUT2D eigenvalue weighted by Crippen LogP contribution is 2.24. The summed E-state index contributed by atoms with van der Waals surface area (Å²) in [5.74, 6) is 0.933. The molecule has 2 heterocycles. The average Bonchev–Trinajstić information content (AvgIpc) is 3.16. The minimum absolute atomic E-state index is 0.00731. The Morgan fingerprint density at radius 3 is 2.68 bits per heavy atom. The number of ether oxygens (including phenoxy) is 2. The molecule has 0 aliphatic carbocycles. The molecule has 2 aliphatic heterocycles. The molecule has 6 heteroatoms. The van der Waals surface area contributed by atoms with Gasteiger partial charge in [-0.25, -0.2) is 4.79 Å². The molecule has 1 N–H and O–H groups in total. The van der Waals surface area contributed by atoms with Crippen LogP contribution in [0.3, 0.4) is 0 Å². The largest absolute Gasteiger partial charge is 0.493 e. The summed E-state index contributed by atoms with van der Waals surface area (Å²) >= 11 is 0. The number of nitrogens with one attached hydrogen (secondary N) is 1. The SMILES string of the molecule is Cc1cc(CN2C[C@H](c3ccccc3)NC2=O)ccc1OCCCCN1CCOCC1. The first-order chi connectivity index (χ1) is 15.2. The molecule has 0 saturated carbocycles. The quantitative estimate of drug-likeness (QED) is 0.624. The molecule has 2 aromatic carbocycles. The topological polar surface area (TPSA) is 54.0 Å². The maximum Gasteiger partial charge on any atom is 0.318 e. The third-order valence-corrected chi connectivity index (χ3v) is 6.03. The fourth-order valence-electron chi connectivity index (χ4n) is 4.24. The van der Waals surface area contributed by atoms with E-state index in [1.54, 1.807) is 0 Å². The Morgan fingerprint density at radius 2 is 1.90 bits per heavy atom.